The van der Waals surface area contributed by atoms with E-state index in [4.69, 9.17) is 0 Å². The van der Waals surface area contributed by atoms with Crippen LogP contribution in [0, 0.1) is 6.92 Å². The molecule has 4 heteroatoms. The molecule has 0 radical (unpaired) electrons. The van der Waals surface area contributed by atoms with E-state index in [2.05, 4.69) is 6.92 Å². The monoisotopic (exact) mass is 279 g/mol. The maximum Gasteiger partial charge on any atom is 0.243 e. The smallest absolute Gasteiger partial charge is 0.207 e. The molecule has 1 unspecified atom stereocenters. The molecule has 0 aromatic heterocycles. The standard InChI is InChI=1S/C15H21NO2S/c1-11-5-7-15(8-6-11)19(17,18)16-10-13(3)12(2)9-14(16)4/h5-8,14H,9-10H2,1-4H3. The molecule has 19 heavy (non-hydrogen) atoms. The van der Waals surface area contributed by atoms with Crippen LogP contribution in [0.3, 0.4) is 0 Å². The quantitative estimate of drug-likeness (QED) is 0.780. The van der Waals surface area contributed by atoms with Crippen LogP contribution < -0.4 is 0 Å². The van der Waals surface area contributed by atoms with Crippen LogP contribution in [0.25, 0.3) is 0 Å². The highest BCUT2D eigenvalue weighted by molar-refractivity contribution is 7.89. The zero-order valence-electron chi connectivity index (χ0n) is 12.0. The van der Waals surface area contributed by atoms with E-state index in [1.54, 1.807) is 16.4 Å². The number of rotatable bonds is 2. The molecule has 1 heterocycles. The minimum atomic E-state index is -3.39. The van der Waals surface area contributed by atoms with Gasteiger partial charge in [0, 0.05) is 12.6 Å². The predicted molar refractivity (Wildman–Crippen MR) is 77.5 cm³/mol. The van der Waals surface area contributed by atoms with Crippen molar-refractivity contribution in [3.8, 4) is 0 Å². The van der Waals surface area contributed by atoms with Crippen molar-refractivity contribution in [3.63, 3.8) is 0 Å². The largest absolute Gasteiger partial charge is 0.243 e. The third kappa shape index (κ3) is 2.74. The molecule has 2 rings (SSSR count). The molecule has 0 N–H and O–H groups in total. The van der Waals surface area contributed by atoms with Crippen LogP contribution in [-0.4, -0.2) is 25.3 Å². The number of aryl methyl sites for hydroxylation is 1. The van der Waals surface area contributed by atoms with Gasteiger partial charge >= 0.3 is 0 Å². The third-order valence-electron chi connectivity index (χ3n) is 3.84. The SMILES string of the molecule is CC1=C(C)CN(S(=O)(=O)c2ccc(C)cc2)C(C)C1. The molecular formula is C15H21NO2S. The van der Waals surface area contributed by atoms with Crippen molar-refractivity contribution in [1.29, 1.82) is 0 Å². The van der Waals surface area contributed by atoms with E-state index < -0.39 is 10.0 Å². The molecule has 0 fully saturated rings. The second-order valence-corrected chi connectivity index (χ2v) is 7.37. The first-order valence-corrected chi connectivity index (χ1v) is 8.00. The fourth-order valence-corrected chi connectivity index (χ4v) is 4.07. The summed E-state index contributed by atoms with van der Waals surface area (Å²) in [5, 5.41) is 0. The summed E-state index contributed by atoms with van der Waals surface area (Å²) >= 11 is 0. The Hall–Kier alpha value is -1.13. The van der Waals surface area contributed by atoms with E-state index in [-0.39, 0.29) is 6.04 Å². The predicted octanol–water partition coefficient (Wildman–Crippen LogP) is 3.11. The van der Waals surface area contributed by atoms with Gasteiger partial charge in [0.25, 0.3) is 0 Å². The summed E-state index contributed by atoms with van der Waals surface area (Å²) in [5.74, 6) is 0. The number of nitrogens with zero attached hydrogens (tertiary/aromatic N) is 1. The van der Waals surface area contributed by atoms with E-state index >= 15 is 0 Å². The van der Waals surface area contributed by atoms with Crippen molar-refractivity contribution >= 4 is 10.0 Å². The Morgan fingerprint density at radius 3 is 2.21 bits per heavy atom. The molecule has 104 valence electrons. The number of hydrogen-bond acceptors (Lipinski definition) is 2. The van der Waals surface area contributed by atoms with Crippen LogP contribution in [0.1, 0.15) is 32.8 Å². The molecule has 1 aromatic rings. The Morgan fingerprint density at radius 2 is 1.63 bits per heavy atom. The van der Waals surface area contributed by atoms with Gasteiger partial charge in [0.2, 0.25) is 10.0 Å². The molecule has 0 saturated heterocycles. The van der Waals surface area contributed by atoms with Gasteiger partial charge < -0.3 is 0 Å². The van der Waals surface area contributed by atoms with Crippen molar-refractivity contribution in [1.82, 2.24) is 4.31 Å². The van der Waals surface area contributed by atoms with Gasteiger partial charge in [-0.05, 0) is 46.2 Å². The van der Waals surface area contributed by atoms with Gasteiger partial charge in [0.15, 0.2) is 0 Å². The molecule has 1 atom stereocenters. The Kier molecular flexibility index (Phi) is 3.83. The maximum atomic E-state index is 12.7. The Labute approximate surface area is 116 Å². The first kappa shape index (κ1) is 14.3. The molecule has 0 amide bonds. The van der Waals surface area contributed by atoms with Crippen LogP contribution in [0.2, 0.25) is 0 Å². The normalized spacial score (nSPS) is 21.8. The lowest BCUT2D eigenvalue weighted by Crippen LogP contribution is -2.42. The molecule has 0 bridgehead atoms. The maximum absolute atomic E-state index is 12.7. The summed E-state index contributed by atoms with van der Waals surface area (Å²) in [5.41, 5.74) is 3.54. The molecular weight excluding hydrogens is 258 g/mol. The lowest BCUT2D eigenvalue weighted by Gasteiger charge is -2.33. The topological polar surface area (TPSA) is 37.4 Å². The summed E-state index contributed by atoms with van der Waals surface area (Å²) in [6, 6.07) is 7.09. The van der Waals surface area contributed by atoms with Crippen LogP contribution in [-0.2, 0) is 10.0 Å². The van der Waals surface area contributed by atoms with Crippen molar-refractivity contribution in [2.75, 3.05) is 6.54 Å². The highest BCUT2D eigenvalue weighted by atomic mass is 32.2. The number of hydrogen-bond donors (Lipinski definition) is 0. The number of sulfonamides is 1. The van der Waals surface area contributed by atoms with Gasteiger partial charge in [-0.1, -0.05) is 28.8 Å². The Morgan fingerprint density at radius 1 is 1.05 bits per heavy atom. The van der Waals surface area contributed by atoms with E-state index in [1.165, 1.54) is 5.57 Å². The second-order valence-electron chi connectivity index (χ2n) is 5.48. The van der Waals surface area contributed by atoms with Gasteiger partial charge in [-0.15, -0.1) is 0 Å². The minimum absolute atomic E-state index is 0.0232. The number of benzene rings is 1. The van der Waals surface area contributed by atoms with Gasteiger partial charge in [0.05, 0.1) is 4.90 Å². The fourth-order valence-electron chi connectivity index (χ4n) is 2.41. The molecule has 3 nitrogen and oxygen atoms in total. The van der Waals surface area contributed by atoms with E-state index in [0.29, 0.717) is 11.4 Å². The van der Waals surface area contributed by atoms with Crippen LogP contribution in [0.5, 0.6) is 0 Å². The Bertz CT molecular complexity index is 600. The van der Waals surface area contributed by atoms with Crippen molar-refractivity contribution < 1.29 is 8.42 Å². The van der Waals surface area contributed by atoms with E-state index in [0.717, 1.165) is 17.6 Å². The highest BCUT2D eigenvalue weighted by Crippen LogP contribution is 2.28. The summed E-state index contributed by atoms with van der Waals surface area (Å²) < 4.78 is 26.9. The fraction of sp³-hybridized carbons (Fsp3) is 0.467. The summed E-state index contributed by atoms with van der Waals surface area (Å²) in [4.78, 5) is 0.386. The van der Waals surface area contributed by atoms with Gasteiger partial charge in [0.1, 0.15) is 0 Å². The average molecular weight is 279 g/mol. The first-order chi connectivity index (χ1) is 8.82. The first-order valence-electron chi connectivity index (χ1n) is 6.56. The average Bonchev–Trinajstić information content (AvgIpc) is 2.34. The zero-order valence-corrected chi connectivity index (χ0v) is 12.8. The highest BCUT2D eigenvalue weighted by Gasteiger charge is 2.32. The third-order valence-corrected chi connectivity index (χ3v) is 5.82. The molecule has 1 aliphatic heterocycles. The van der Waals surface area contributed by atoms with E-state index in [1.807, 2.05) is 32.9 Å². The molecule has 0 aliphatic carbocycles. The van der Waals surface area contributed by atoms with Gasteiger partial charge in [-0.2, -0.15) is 4.31 Å². The summed E-state index contributed by atoms with van der Waals surface area (Å²) in [6.07, 6.45) is 0.816. The van der Waals surface area contributed by atoms with Crippen LogP contribution >= 0.6 is 0 Å². The molecule has 1 aromatic carbocycles. The lowest BCUT2D eigenvalue weighted by atomic mass is 9.99. The van der Waals surface area contributed by atoms with Gasteiger partial charge in [-0.3, -0.25) is 0 Å². The second kappa shape index (κ2) is 5.10. The minimum Gasteiger partial charge on any atom is -0.207 e. The molecule has 1 aliphatic rings. The van der Waals surface area contributed by atoms with Crippen molar-refractivity contribution in [3.05, 3.63) is 41.0 Å². The molecule has 0 saturated carbocycles. The van der Waals surface area contributed by atoms with Crippen molar-refractivity contribution in [2.45, 2.75) is 45.1 Å². The van der Waals surface area contributed by atoms with Crippen molar-refractivity contribution in [2.24, 2.45) is 0 Å². The Balaban J connectivity index is 2.38. The zero-order chi connectivity index (χ0) is 14.2. The lowest BCUT2D eigenvalue weighted by molar-refractivity contribution is 0.336. The van der Waals surface area contributed by atoms with Crippen LogP contribution in [0.4, 0.5) is 0 Å². The van der Waals surface area contributed by atoms with E-state index in [9.17, 15) is 8.42 Å². The summed E-state index contributed by atoms with van der Waals surface area (Å²) in [6.45, 7) is 8.53. The summed E-state index contributed by atoms with van der Waals surface area (Å²) in [7, 11) is -3.39. The van der Waals surface area contributed by atoms with Gasteiger partial charge in [-0.25, -0.2) is 8.42 Å². The van der Waals surface area contributed by atoms with Crippen LogP contribution in [0.15, 0.2) is 40.3 Å². The molecule has 0 spiro atoms.